The van der Waals surface area contributed by atoms with Crippen molar-refractivity contribution < 1.29 is 9.53 Å². The van der Waals surface area contributed by atoms with Gasteiger partial charge in [0.2, 0.25) is 0 Å². The highest BCUT2D eigenvalue weighted by molar-refractivity contribution is 7.20. The molecule has 0 aliphatic carbocycles. The van der Waals surface area contributed by atoms with Crippen molar-refractivity contribution >= 4 is 27.2 Å². The van der Waals surface area contributed by atoms with Crippen LogP contribution in [0.15, 0.2) is 24.3 Å². The van der Waals surface area contributed by atoms with Gasteiger partial charge < -0.3 is 4.74 Å². The number of Topliss-reactive ketones (excluding diaryl/α,β-unsaturated/α-hetero) is 1. The molecule has 2 aromatic rings. The number of hydrogen-bond acceptors (Lipinski definition) is 3. The zero-order valence-electron chi connectivity index (χ0n) is 10.2. The van der Waals surface area contributed by atoms with Gasteiger partial charge in [-0.2, -0.15) is 0 Å². The molecule has 17 heavy (non-hydrogen) atoms. The van der Waals surface area contributed by atoms with Crippen LogP contribution in [0.3, 0.4) is 0 Å². The molecule has 0 amide bonds. The molecular weight excluding hydrogens is 232 g/mol. The summed E-state index contributed by atoms with van der Waals surface area (Å²) in [6, 6.07) is 7.89. The Bertz CT molecular complexity index is 528. The molecule has 0 unspecified atom stereocenters. The van der Waals surface area contributed by atoms with Gasteiger partial charge in [0, 0.05) is 11.1 Å². The van der Waals surface area contributed by atoms with Crippen LogP contribution >= 0.6 is 11.3 Å². The average molecular weight is 248 g/mol. The Labute approximate surface area is 105 Å². The zero-order valence-corrected chi connectivity index (χ0v) is 11.0. The van der Waals surface area contributed by atoms with Crippen molar-refractivity contribution in [2.75, 3.05) is 7.11 Å². The van der Waals surface area contributed by atoms with Gasteiger partial charge in [-0.1, -0.05) is 13.3 Å². The van der Waals surface area contributed by atoms with Crippen LogP contribution in [0.4, 0.5) is 0 Å². The highest BCUT2D eigenvalue weighted by atomic mass is 32.1. The summed E-state index contributed by atoms with van der Waals surface area (Å²) >= 11 is 1.57. The Morgan fingerprint density at radius 3 is 2.88 bits per heavy atom. The largest absolute Gasteiger partial charge is 0.497 e. The maximum absolute atomic E-state index is 11.9. The van der Waals surface area contributed by atoms with E-state index in [0.29, 0.717) is 6.42 Å². The van der Waals surface area contributed by atoms with Crippen molar-refractivity contribution in [3.8, 4) is 5.75 Å². The summed E-state index contributed by atoms with van der Waals surface area (Å²) < 4.78 is 6.32. The molecule has 90 valence electrons. The number of methoxy groups -OCH3 is 1. The number of hydrogen-bond donors (Lipinski definition) is 0. The first kappa shape index (κ1) is 12.1. The van der Waals surface area contributed by atoms with Crippen LogP contribution in [0.1, 0.15) is 35.9 Å². The molecule has 0 bridgehead atoms. The monoisotopic (exact) mass is 248 g/mol. The van der Waals surface area contributed by atoms with Crippen LogP contribution in [-0.2, 0) is 0 Å². The van der Waals surface area contributed by atoms with Gasteiger partial charge in [0.05, 0.1) is 12.0 Å². The summed E-state index contributed by atoms with van der Waals surface area (Å²) in [6.07, 6.45) is 2.68. The minimum Gasteiger partial charge on any atom is -0.497 e. The summed E-state index contributed by atoms with van der Waals surface area (Å²) in [4.78, 5) is 12.8. The molecule has 3 heteroatoms. The minimum atomic E-state index is 0.256. The van der Waals surface area contributed by atoms with E-state index in [4.69, 9.17) is 4.74 Å². The molecular formula is C14H16O2S. The normalized spacial score (nSPS) is 10.7. The van der Waals surface area contributed by atoms with Gasteiger partial charge >= 0.3 is 0 Å². The molecule has 2 rings (SSSR count). The molecule has 0 aliphatic heterocycles. The fourth-order valence-corrected chi connectivity index (χ4v) is 2.76. The van der Waals surface area contributed by atoms with Crippen LogP contribution < -0.4 is 4.74 Å². The van der Waals surface area contributed by atoms with Crippen molar-refractivity contribution in [1.29, 1.82) is 0 Å². The molecule has 0 fully saturated rings. The highest BCUT2D eigenvalue weighted by Gasteiger charge is 2.10. The minimum absolute atomic E-state index is 0.256. The number of benzene rings is 1. The Hall–Kier alpha value is -1.35. The molecule has 0 spiro atoms. The molecule has 2 nitrogen and oxygen atoms in total. The van der Waals surface area contributed by atoms with Crippen LogP contribution in [0.25, 0.3) is 10.1 Å². The van der Waals surface area contributed by atoms with Crippen LogP contribution in [0, 0.1) is 0 Å². The smallest absolute Gasteiger partial charge is 0.172 e. The summed E-state index contributed by atoms with van der Waals surface area (Å²) in [5.74, 6) is 1.09. The number of fused-ring (bicyclic) bond motifs is 1. The topological polar surface area (TPSA) is 26.3 Å². The predicted octanol–water partition coefficient (Wildman–Crippen LogP) is 4.28. The Morgan fingerprint density at radius 1 is 1.35 bits per heavy atom. The van der Waals surface area contributed by atoms with E-state index < -0.39 is 0 Å². The second-order valence-corrected chi connectivity index (χ2v) is 5.12. The van der Waals surface area contributed by atoms with Gasteiger partial charge in [0.1, 0.15) is 5.75 Å². The zero-order chi connectivity index (χ0) is 12.3. The molecule has 0 aliphatic rings. The fourth-order valence-electron chi connectivity index (χ4n) is 1.75. The van der Waals surface area contributed by atoms with Gasteiger partial charge in [-0.05, 0) is 36.1 Å². The van der Waals surface area contributed by atoms with Crippen molar-refractivity contribution in [3.63, 3.8) is 0 Å². The molecule has 1 aromatic heterocycles. The van der Waals surface area contributed by atoms with Gasteiger partial charge in [-0.3, -0.25) is 4.79 Å². The maximum atomic E-state index is 11.9. The van der Waals surface area contributed by atoms with Crippen molar-refractivity contribution in [1.82, 2.24) is 0 Å². The number of thiophene rings is 1. The van der Waals surface area contributed by atoms with Crippen molar-refractivity contribution in [3.05, 3.63) is 29.1 Å². The number of carbonyl (C=O) groups excluding carboxylic acids is 1. The van der Waals surface area contributed by atoms with E-state index in [9.17, 15) is 4.79 Å². The SMILES string of the molecule is CCCCC(=O)c1cc2cc(OC)ccc2s1. The summed E-state index contributed by atoms with van der Waals surface area (Å²) in [6.45, 7) is 2.10. The lowest BCUT2D eigenvalue weighted by Crippen LogP contribution is -1.94. The molecule has 1 heterocycles. The fraction of sp³-hybridized carbons (Fsp3) is 0.357. The van der Waals surface area contributed by atoms with Gasteiger partial charge in [0.25, 0.3) is 0 Å². The molecule has 1 aromatic carbocycles. The number of unbranched alkanes of at least 4 members (excludes halogenated alkanes) is 1. The molecule has 0 saturated carbocycles. The van der Waals surface area contributed by atoms with Crippen molar-refractivity contribution in [2.24, 2.45) is 0 Å². The first-order valence-corrected chi connectivity index (χ1v) is 6.67. The maximum Gasteiger partial charge on any atom is 0.172 e. The molecule has 0 atom stereocenters. The lowest BCUT2D eigenvalue weighted by Gasteiger charge is -1.97. The molecule has 0 saturated heterocycles. The van der Waals surface area contributed by atoms with Crippen LogP contribution in [0.5, 0.6) is 5.75 Å². The van der Waals surface area contributed by atoms with Crippen molar-refractivity contribution in [2.45, 2.75) is 26.2 Å². The van der Waals surface area contributed by atoms with Crippen LogP contribution in [0.2, 0.25) is 0 Å². The van der Waals surface area contributed by atoms with Gasteiger partial charge in [0.15, 0.2) is 5.78 Å². The number of ketones is 1. The number of rotatable bonds is 5. The third-order valence-electron chi connectivity index (χ3n) is 2.76. The van der Waals surface area contributed by atoms with E-state index >= 15 is 0 Å². The highest BCUT2D eigenvalue weighted by Crippen LogP contribution is 2.29. The Morgan fingerprint density at radius 2 is 2.18 bits per heavy atom. The number of ether oxygens (including phenoxy) is 1. The first-order chi connectivity index (χ1) is 8.24. The lowest BCUT2D eigenvalue weighted by atomic mass is 10.1. The Kier molecular flexibility index (Phi) is 3.79. The predicted molar refractivity (Wildman–Crippen MR) is 72.2 cm³/mol. The number of carbonyl (C=O) groups is 1. The summed E-state index contributed by atoms with van der Waals surface area (Å²) in [5.41, 5.74) is 0. The quantitative estimate of drug-likeness (QED) is 0.738. The van der Waals surface area contributed by atoms with E-state index in [-0.39, 0.29) is 5.78 Å². The Balaban J connectivity index is 2.28. The van der Waals surface area contributed by atoms with E-state index in [1.54, 1.807) is 18.4 Å². The average Bonchev–Trinajstić information content (AvgIpc) is 2.78. The third-order valence-corrected chi connectivity index (χ3v) is 3.91. The second kappa shape index (κ2) is 5.32. The van der Waals surface area contributed by atoms with E-state index in [2.05, 4.69) is 6.92 Å². The standard InChI is InChI=1S/C14H16O2S/c1-3-4-5-12(15)14-9-10-8-11(16-2)6-7-13(10)17-14/h6-9H,3-5H2,1-2H3. The van der Waals surface area contributed by atoms with Gasteiger partial charge in [-0.15, -0.1) is 11.3 Å². The van der Waals surface area contributed by atoms with E-state index in [1.807, 2.05) is 24.3 Å². The second-order valence-electron chi connectivity index (χ2n) is 4.04. The van der Waals surface area contributed by atoms with E-state index in [1.165, 1.54) is 0 Å². The third kappa shape index (κ3) is 2.67. The summed E-state index contributed by atoms with van der Waals surface area (Å²) in [5, 5.41) is 1.09. The summed E-state index contributed by atoms with van der Waals surface area (Å²) in [7, 11) is 1.65. The first-order valence-electron chi connectivity index (χ1n) is 5.85. The van der Waals surface area contributed by atoms with Gasteiger partial charge in [-0.25, -0.2) is 0 Å². The molecule has 0 radical (unpaired) electrons. The van der Waals surface area contributed by atoms with E-state index in [0.717, 1.165) is 33.6 Å². The van der Waals surface area contributed by atoms with Crippen LogP contribution in [-0.4, -0.2) is 12.9 Å². The lowest BCUT2D eigenvalue weighted by molar-refractivity contribution is 0.0984. The molecule has 0 N–H and O–H groups in total.